The number of aromatic nitrogens is 3. The summed E-state index contributed by atoms with van der Waals surface area (Å²) in [4.78, 5) is 31.6. The maximum Gasteiger partial charge on any atom is 0.351 e. The monoisotopic (exact) mass is 586 g/mol. The van der Waals surface area contributed by atoms with Crippen LogP contribution >= 0.6 is 0 Å². The molecule has 8 heteroatoms. The number of hydrogen-bond acceptors (Lipinski definition) is 5. The SMILES string of the molecule is CC(C)n1nc(-c2ccccc2)n(-c2ccc(N3CCN(C(C(=O)NCc4ccccc4)c4ccccc4)CC3)cc2)c1=O. The quantitative estimate of drug-likeness (QED) is 0.248. The zero-order valence-corrected chi connectivity index (χ0v) is 25.2. The number of carbonyl (C=O) groups is 1. The number of benzene rings is 4. The molecule has 1 amide bonds. The predicted molar refractivity (Wildman–Crippen MR) is 175 cm³/mol. The molecule has 1 N–H and O–H groups in total. The van der Waals surface area contributed by atoms with Crippen LogP contribution in [0.15, 0.2) is 120 Å². The highest BCUT2D eigenvalue weighted by atomic mass is 16.2. The third kappa shape index (κ3) is 6.21. The molecule has 1 unspecified atom stereocenters. The molecule has 8 nitrogen and oxygen atoms in total. The van der Waals surface area contributed by atoms with Crippen LogP contribution in [0.5, 0.6) is 0 Å². The van der Waals surface area contributed by atoms with E-state index in [9.17, 15) is 9.59 Å². The molecule has 0 bridgehead atoms. The van der Waals surface area contributed by atoms with Crippen molar-refractivity contribution in [3.8, 4) is 17.1 Å². The fourth-order valence-corrected chi connectivity index (χ4v) is 5.82. The first-order valence-corrected chi connectivity index (χ1v) is 15.2. The molecule has 1 aliphatic heterocycles. The second-order valence-corrected chi connectivity index (χ2v) is 11.4. The van der Waals surface area contributed by atoms with Crippen LogP contribution in [-0.4, -0.2) is 51.3 Å². The van der Waals surface area contributed by atoms with Gasteiger partial charge in [0.1, 0.15) is 6.04 Å². The van der Waals surface area contributed by atoms with Crippen molar-refractivity contribution < 1.29 is 4.79 Å². The topological polar surface area (TPSA) is 75.4 Å². The summed E-state index contributed by atoms with van der Waals surface area (Å²) in [5.74, 6) is 0.641. The Morgan fingerprint density at radius 2 is 1.32 bits per heavy atom. The van der Waals surface area contributed by atoms with E-state index in [2.05, 4.69) is 32.3 Å². The molecule has 0 saturated carbocycles. The van der Waals surface area contributed by atoms with Gasteiger partial charge in [0.05, 0.1) is 11.7 Å². The first-order chi connectivity index (χ1) is 21.5. The van der Waals surface area contributed by atoms with Gasteiger partial charge in [-0.1, -0.05) is 91.0 Å². The van der Waals surface area contributed by atoms with Crippen LogP contribution in [0.2, 0.25) is 0 Å². The summed E-state index contributed by atoms with van der Waals surface area (Å²) in [5.41, 5.74) is 4.68. The van der Waals surface area contributed by atoms with Crippen molar-refractivity contribution in [3.05, 3.63) is 137 Å². The van der Waals surface area contributed by atoms with Crippen LogP contribution < -0.4 is 15.9 Å². The fourth-order valence-electron chi connectivity index (χ4n) is 5.82. The van der Waals surface area contributed by atoms with Gasteiger partial charge in [-0.25, -0.2) is 14.0 Å². The highest BCUT2D eigenvalue weighted by Gasteiger charge is 2.30. The first-order valence-electron chi connectivity index (χ1n) is 15.2. The fraction of sp³-hybridized carbons (Fsp3) is 0.250. The van der Waals surface area contributed by atoms with E-state index in [1.165, 1.54) is 4.68 Å². The van der Waals surface area contributed by atoms with Crippen molar-refractivity contribution in [1.82, 2.24) is 24.6 Å². The Morgan fingerprint density at radius 1 is 0.750 bits per heavy atom. The lowest BCUT2D eigenvalue weighted by molar-refractivity contribution is -0.127. The minimum absolute atomic E-state index is 0.0134. The molecule has 0 spiro atoms. The van der Waals surface area contributed by atoms with E-state index in [0.717, 1.165) is 54.2 Å². The lowest BCUT2D eigenvalue weighted by atomic mass is 10.0. The lowest BCUT2D eigenvalue weighted by Crippen LogP contribution is -2.51. The molecule has 44 heavy (non-hydrogen) atoms. The van der Waals surface area contributed by atoms with Gasteiger partial charge in [0.15, 0.2) is 5.82 Å². The Bertz CT molecular complexity index is 1720. The number of hydrogen-bond donors (Lipinski definition) is 1. The van der Waals surface area contributed by atoms with E-state index < -0.39 is 0 Å². The van der Waals surface area contributed by atoms with E-state index >= 15 is 0 Å². The third-order valence-electron chi connectivity index (χ3n) is 8.15. The molecule has 2 heterocycles. The van der Waals surface area contributed by atoms with Crippen LogP contribution in [0, 0.1) is 0 Å². The average molecular weight is 587 g/mol. The van der Waals surface area contributed by atoms with Gasteiger partial charge in [0, 0.05) is 44.0 Å². The molecule has 5 aromatic rings. The summed E-state index contributed by atoms with van der Waals surface area (Å²) in [5, 5.41) is 7.84. The smallest absolute Gasteiger partial charge is 0.351 e. The lowest BCUT2D eigenvalue weighted by Gasteiger charge is -2.39. The molecular weight excluding hydrogens is 548 g/mol. The number of nitrogens with zero attached hydrogens (tertiary/aromatic N) is 5. The van der Waals surface area contributed by atoms with Crippen LogP contribution in [0.1, 0.15) is 37.1 Å². The number of anilines is 1. The number of amides is 1. The van der Waals surface area contributed by atoms with Crippen LogP contribution in [0.25, 0.3) is 17.1 Å². The number of nitrogens with one attached hydrogen (secondary N) is 1. The first kappa shape index (κ1) is 29.1. The molecule has 224 valence electrons. The Hall–Kier alpha value is -4.95. The normalized spacial score (nSPS) is 14.5. The highest BCUT2D eigenvalue weighted by Crippen LogP contribution is 2.27. The van der Waals surface area contributed by atoms with Gasteiger partial charge in [-0.2, -0.15) is 0 Å². The minimum atomic E-state index is -0.356. The van der Waals surface area contributed by atoms with Crippen molar-refractivity contribution >= 4 is 11.6 Å². The van der Waals surface area contributed by atoms with Crippen molar-refractivity contribution in [2.45, 2.75) is 32.5 Å². The maximum absolute atomic E-state index is 13.5. The molecular formula is C36H38N6O2. The van der Waals surface area contributed by atoms with Crippen LogP contribution in [0.4, 0.5) is 5.69 Å². The summed E-state index contributed by atoms with van der Waals surface area (Å²) in [6, 6.07) is 37.6. The Kier molecular flexibility index (Phi) is 8.70. The van der Waals surface area contributed by atoms with E-state index in [4.69, 9.17) is 0 Å². The zero-order valence-electron chi connectivity index (χ0n) is 25.2. The largest absolute Gasteiger partial charge is 0.369 e. The summed E-state index contributed by atoms with van der Waals surface area (Å²) in [6.07, 6.45) is 0. The van der Waals surface area contributed by atoms with Gasteiger partial charge in [-0.3, -0.25) is 9.69 Å². The predicted octanol–water partition coefficient (Wildman–Crippen LogP) is 5.46. The zero-order chi connectivity index (χ0) is 30.5. The second kappa shape index (κ2) is 13.1. The number of rotatable bonds is 9. The Morgan fingerprint density at radius 3 is 1.93 bits per heavy atom. The van der Waals surface area contributed by atoms with E-state index in [1.807, 2.05) is 117 Å². The standard InChI is InChI=1S/C36H38N6O2/c1-27(2)42-36(44)41(34(38-42)30-16-10-5-11-17-30)32-20-18-31(19-21-32)39-22-24-40(25-23-39)33(29-14-8-4-9-15-29)35(43)37-26-28-12-6-3-7-13-28/h3-21,27,33H,22-26H2,1-2H3,(H,37,43). The van der Waals surface area contributed by atoms with E-state index in [0.29, 0.717) is 12.4 Å². The van der Waals surface area contributed by atoms with Gasteiger partial charge in [-0.05, 0) is 49.2 Å². The molecule has 0 aliphatic carbocycles. The molecule has 1 aliphatic rings. The van der Waals surface area contributed by atoms with Crippen molar-refractivity contribution in [3.63, 3.8) is 0 Å². The summed E-state index contributed by atoms with van der Waals surface area (Å²) < 4.78 is 3.23. The molecule has 1 saturated heterocycles. The van der Waals surface area contributed by atoms with Gasteiger partial charge < -0.3 is 10.2 Å². The van der Waals surface area contributed by atoms with Gasteiger partial charge >= 0.3 is 5.69 Å². The molecule has 6 rings (SSSR count). The second-order valence-electron chi connectivity index (χ2n) is 11.4. The molecule has 0 radical (unpaired) electrons. The minimum Gasteiger partial charge on any atom is -0.369 e. The Balaban J connectivity index is 1.18. The van der Waals surface area contributed by atoms with Crippen LogP contribution in [-0.2, 0) is 11.3 Å². The van der Waals surface area contributed by atoms with Gasteiger partial charge in [0.2, 0.25) is 5.91 Å². The summed E-state index contributed by atoms with van der Waals surface area (Å²) in [7, 11) is 0. The average Bonchev–Trinajstić information content (AvgIpc) is 3.43. The van der Waals surface area contributed by atoms with Crippen molar-refractivity contribution in [2.75, 3.05) is 31.1 Å². The van der Waals surface area contributed by atoms with E-state index in [-0.39, 0.29) is 23.7 Å². The van der Waals surface area contributed by atoms with Gasteiger partial charge in [0.25, 0.3) is 0 Å². The van der Waals surface area contributed by atoms with Crippen LogP contribution in [0.3, 0.4) is 0 Å². The van der Waals surface area contributed by atoms with Crippen molar-refractivity contribution in [2.24, 2.45) is 0 Å². The molecule has 4 aromatic carbocycles. The highest BCUT2D eigenvalue weighted by molar-refractivity contribution is 5.83. The maximum atomic E-state index is 13.5. The number of piperazine rings is 1. The molecule has 1 aromatic heterocycles. The summed E-state index contributed by atoms with van der Waals surface area (Å²) in [6.45, 7) is 7.50. The Labute approximate surface area is 258 Å². The number of carbonyl (C=O) groups excluding carboxylic acids is 1. The van der Waals surface area contributed by atoms with E-state index in [1.54, 1.807) is 4.57 Å². The van der Waals surface area contributed by atoms with Gasteiger partial charge in [-0.15, -0.1) is 5.10 Å². The molecule has 1 fully saturated rings. The van der Waals surface area contributed by atoms with Crippen molar-refractivity contribution in [1.29, 1.82) is 0 Å². The summed E-state index contributed by atoms with van der Waals surface area (Å²) >= 11 is 0. The third-order valence-corrected chi connectivity index (χ3v) is 8.15. The molecule has 1 atom stereocenters.